The third-order valence-electron chi connectivity index (χ3n) is 5.91. The summed E-state index contributed by atoms with van der Waals surface area (Å²) in [6.45, 7) is 7.47. The van der Waals surface area contributed by atoms with Crippen molar-refractivity contribution in [2.24, 2.45) is 5.92 Å². The Balaban J connectivity index is 1.12. The fourth-order valence-electron chi connectivity index (χ4n) is 3.86. The molecular formula is C25H32N4O3. The average Bonchev–Trinajstić information content (AvgIpc) is 3.64. The molecule has 32 heavy (non-hydrogen) atoms. The standard InChI is InChI=1S/C25H32N4O3/c1-19-4-2-6-22(16-19)29-14-12-28(13-15-29)11-10-26-24(30)18-32-23-7-3-5-21(17-23)27-25(31)20-8-9-20/h2-7,16-17,20H,8-15,18H2,1H3,(H,26,30)(H,27,31). The summed E-state index contributed by atoms with van der Waals surface area (Å²) in [5, 5.41) is 5.82. The van der Waals surface area contributed by atoms with Crippen molar-refractivity contribution in [1.29, 1.82) is 0 Å². The van der Waals surface area contributed by atoms with Gasteiger partial charge in [0.15, 0.2) is 6.61 Å². The van der Waals surface area contributed by atoms with Crippen molar-refractivity contribution in [1.82, 2.24) is 10.2 Å². The van der Waals surface area contributed by atoms with Crippen LogP contribution in [0, 0.1) is 12.8 Å². The molecule has 2 aliphatic rings. The van der Waals surface area contributed by atoms with Crippen LogP contribution >= 0.6 is 0 Å². The fourth-order valence-corrected chi connectivity index (χ4v) is 3.86. The number of nitrogens with zero attached hydrogens (tertiary/aromatic N) is 2. The molecule has 7 heteroatoms. The molecule has 1 aliphatic heterocycles. The normalized spacial score (nSPS) is 16.5. The second kappa shape index (κ2) is 10.5. The van der Waals surface area contributed by atoms with E-state index >= 15 is 0 Å². The Kier molecular flexibility index (Phi) is 7.27. The smallest absolute Gasteiger partial charge is 0.257 e. The second-order valence-electron chi connectivity index (χ2n) is 8.60. The number of aryl methyl sites for hydroxylation is 1. The van der Waals surface area contributed by atoms with Gasteiger partial charge in [0.25, 0.3) is 5.91 Å². The van der Waals surface area contributed by atoms with E-state index in [2.05, 4.69) is 51.6 Å². The lowest BCUT2D eigenvalue weighted by atomic mass is 10.2. The number of carbonyl (C=O) groups excluding carboxylic acids is 2. The molecule has 0 atom stereocenters. The lowest BCUT2D eigenvalue weighted by Gasteiger charge is -2.36. The molecule has 2 aromatic rings. The van der Waals surface area contributed by atoms with Gasteiger partial charge in [0.05, 0.1) is 0 Å². The molecule has 1 saturated carbocycles. The molecule has 4 rings (SSSR count). The first-order valence-electron chi connectivity index (χ1n) is 11.4. The van der Waals surface area contributed by atoms with E-state index in [4.69, 9.17) is 4.74 Å². The number of hydrogen-bond donors (Lipinski definition) is 2. The molecule has 0 radical (unpaired) electrons. The van der Waals surface area contributed by atoms with Gasteiger partial charge in [-0.3, -0.25) is 14.5 Å². The predicted octanol–water partition coefficient (Wildman–Crippen LogP) is 2.66. The highest BCUT2D eigenvalue weighted by Crippen LogP contribution is 2.30. The van der Waals surface area contributed by atoms with Crippen molar-refractivity contribution in [3.8, 4) is 5.75 Å². The van der Waals surface area contributed by atoms with Gasteiger partial charge >= 0.3 is 0 Å². The molecule has 0 aromatic heterocycles. The quantitative estimate of drug-likeness (QED) is 0.632. The van der Waals surface area contributed by atoms with Crippen LogP contribution in [0.3, 0.4) is 0 Å². The molecular weight excluding hydrogens is 404 g/mol. The zero-order chi connectivity index (χ0) is 22.3. The van der Waals surface area contributed by atoms with Crippen LogP contribution in [0.25, 0.3) is 0 Å². The minimum absolute atomic E-state index is 0.0405. The highest BCUT2D eigenvalue weighted by molar-refractivity contribution is 5.94. The van der Waals surface area contributed by atoms with Gasteiger partial charge in [-0.1, -0.05) is 18.2 Å². The third kappa shape index (κ3) is 6.47. The van der Waals surface area contributed by atoms with E-state index < -0.39 is 0 Å². The first kappa shape index (κ1) is 22.1. The Morgan fingerprint density at radius 2 is 1.81 bits per heavy atom. The lowest BCUT2D eigenvalue weighted by Crippen LogP contribution is -2.48. The molecule has 2 amide bonds. The summed E-state index contributed by atoms with van der Waals surface area (Å²) in [4.78, 5) is 28.8. The fraction of sp³-hybridized carbons (Fsp3) is 0.440. The van der Waals surface area contributed by atoms with Crippen molar-refractivity contribution in [2.75, 3.05) is 56.1 Å². The molecule has 0 bridgehead atoms. The summed E-state index contributed by atoms with van der Waals surface area (Å²) < 4.78 is 5.60. The van der Waals surface area contributed by atoms with Gasteiger partial charge in [-0.15, -0.1) is 0 Å². The number of benzene rings is 2. The van der Waals surface area contributed by atoms with Crippen LogP contribution in [0.4, 0.5) is 11.4 Å². The number of ether oxygens (including phenoxy) is 1. The first-order valence-corrected chi connectivity index (χ1v) is 11.4. The minimum atomic E-state index is -0.143. The van der Waals surface area contributed by atoms with Gasteiger partial charge in [-0.2, -0.15) is 0 Å². The monoisotopic (exact) mass is 436 g/mol. The van der Waals surface area contributed by atoms with Gasteiger partial charge in [0.1, 0.15) is 5.75 Å². The van der Waals surface area contributed by atoms with E-state index in [0.29, 0.717) is 18.0 Å². The minimum Gasteiger partial charge on any atom is -0.484 e. The largest absolute Gasteiger partial charge is 0.484 e. The third-order valence-corrected chi connectivity index (χ3v) is 5.91. The summed E-state index contributed by atoms with van der Waals surface area (Å²) in [5.74, 6) is 0.632. The summed E-state index contributed by atoms with van der Waals surface area (Å²) in [7, 11) is 0. The van der Waals surface area contributed by atoms with Crippen LogP contribution in [0.1, 0.15) is 18.4 Å². The lowest BCUT2D eigenvalue weighted by molar-refractivity contribution is -0.123. The molecule has 0 spiro atoms. The van der Waals surface area contributed by atoms with Crippen molar-refractivity contribution < 1.29 is 14.3 Å². The highest BCUT2D eigenvalue weighted by atomic mass is 16.5. The maximum Gasteiger partial charge on any atom is 0.257 e. The SMILES string of the molecule is Cc1cccc(N2CCN(CCNC(=O)COc3cccc(NC(=O)C4CC4)c3)CC2)c1. The van der Waals surface area contributed by atoms with Crippen LogP contribution in [0.5, 0.6) is 5.75 Å². The average molecular weight is 437 g/mol. The van der Waals surface area contributed by atoms with E-state index in [1.807, 2.05) is 12.1 Å². The number of piperazine rings is 1. The topological polar surface area (TPSA) is 73.9 Å². The molecule has 0 unspecified atom stereocenters. The molecule has 170 valence electrons. The number of rotatable bonds is 9. The number of nitrogens with one attached hydrogen (secondary N) is 2. The maximum absolute atomic E-state index is 12.2. The molecule has 2 N–H and O–H groups in total. The molecule has 7 nitrogen and oxygen atoms in total. The van der Waals surface area contributed by atoms with Crippen molar-refractivity contribution in [3.05, 3.63) is 54.1 Å². The summed E-state index contributed by atoms with van der Waals surface area (Å²) >= 11 is 0. The van der Waals surface area contributed by atoms with Crippen molar-refractivity contribution in [2.45, 2.75) is 19.8 Å². The molecule has 2 fully saturated rings. The Hall–Kier alpha value is -3.06. The van der Waals surface area contributed by atoms with E-state index in [1.54, 1.807) is 12.1 Å². The van der Waals surface area contributed by atoms with E-state index in [-0.39, 0.29) is 24.3 Å². The highest BCUT2D eigenvalue weighted by Gasteiger charge is 2.29. The molecule has 1 saturated heterocycles. The van der Waals surface area contributed by atoms with E-state index in [1.165, 1.54) is 11.3 Å². The van der Waals surface area contributed by atoms with Gasteiger partial charge in [-0.05, 0) is 49.6 Å². The number of amides is 2. The Morgan fingerprint density at radius 1 is 1.03 bits per heavy atom. The zero-order valence-electron chi connectivity index (χ0n) is 18.7. The van der Waals surface area contributed by atoms with Crippen LogP contribution in [-0.4, -0.2) is 62.6 Å². The number of anilines is 2. The Bertz CT molecular complexity index is 936. The van der Waals surface area contributed by atoms with Crippen LogP contribution in [0.2, 0.25) is 0 Å². The first-order chi connectivity index (χ1) is 15.6. The van der Waals surface area contributed by atoms with Crippen molar-refractivity contribution >= 4 is 23.2 Å². The van der Waals surface area contributed by atoms with Crippen LogP contribution < -0.4 is 20.3 Å². The van der Waals surface area contributed by atoms with Crippen molar-refractivity contribution in [3.63, 3.8) is 0 Å². The zero-order valence-corrected chi connectivity index (χ0v) is 18.7. The predicted molar refractivity (Wildman–Crippen MR) is 126 cm³/mol. The van der Waals surface area contributed by atoms with Gasteiger partial charge < -0.3 is 20.3 Å². The molecule has 1 aliphatic carbocycles. The molecule has 2 aromatic carbocycles. The van der Waals surface area contributed by atoms with Gasteiger partial charge in [0.2, 0.25) is 5.91 Å². The van der Waals surface area contributed by atoms with Gasteiger partial charge in [0, 0.05) is 62.6 Å². The molecule has 1 heterocycles. The van der Waals surface area contributed by atoms with Crippen LogP contribution in [-0.2, 0) is 9.59 Å². The second-order valence-corrected chi connectivity index (χ2v) is 8.60. The summed E-state index contributed by atoms with van der Waals surface area (Å²) in [6, 6.07) is 15.8. The van der Waals surface area contributed by atoms with Crippen LogP contribution in [0.15, 0.2) is 48.5 Å². The number of hydrogen-bond acceptors (Lipinski definition) is 5. The summed E-state index contributed by atoms with van der Waals surface area (Å²) in [6.07, 6.45) is 1.93. The Morgan fingerprint density at radius 3 is 2.56 bits per heavy atom. The maximum atomic E-state index is 12.2. The van der Waals surface area contributed by atoms with E-state index in [9.17, 15) is 9.59 Å². The van der Waals surface area contributed by atoms with E-state index in [0.717, 1.165) is 45.6 Å². The Labute approximate surface area is 189 Å². The summed E-state index contributed by atoms with van der Waals surface area (Å²) in [5.41, 5.74) is 3.26. The van der Waals surface area contributed by atoms with Gasteiger partial charge in [-0.25, -0.2) is 0 Å². The number of carbonyl (C=O) groups is 2.